The van der Waals surface area contributed by atoms with Crippen LogP contribution in [0.2, 0.25) is 5.15 Å². The van der Waals surface area contributed by atoms with Gasteiger partial charge in [-0.15, -0.1) is 0 Å². The molecule has 3 heterocycles. The Morgan fingerprint density at radius 2 is 1.93 bits per heavy atom. The lowest BCUT2D eigenvalue weighted by Crippen LogP contribution is -2.55. The third-order valence-corrected chi connectivity index (χ3v) is 5.03. The minimum Gasteiger partial charge on any atom is -0.481 e. The van der Waals surface area contributed by atoms with Crippen molar-refractivity contribution in [1.29, 1.82) is 0 Å². The predicted octanol–water partition coefficient (Wildman–Crippen LogP) is 3.89. The van der Waals surface area contributed by atoms with Crippen molar-refractivity contribution in [3.63, 3.8) is 0 Å². The van der Waals surface area contributed by atoms with E-state index in [1.54, 1.807) is 11.0 Å². The van der Waals surface area contributed by atoms with Crippen LogP contribution < -0.4 is 14.4 Å². The molecule has 1 unspecified atom stereocenters. The smallest absolute Gasteiger partial charge is 0.410 e. The second-order valence-corrected chi connectivity index (χ2v) is 8.46. The molecule has 0 spiro atoms. The molecule has 1 atom stereocenters. The van der Waals surface area contributed by atoms with E-state index in [0.717, 1.165) is 0 Å². The first-order chi connectivity index (χ1) is 14.1. The molecule has 3 rings (SSSR count). The second kappa shape index (κ2) is 8.29. The minimum absolute atomic E-state index is 0.0171. The number of anilines is 1. The summed E-state index contributed by atoms with van der Waals surface area (Å²) in [4.78, 5) is 24.5. The van der Waals surface area contributed by atoms with Crippen molar-refractivity contribution in [2.24, 2.45) is 0 Å². The van der Waals surface area contributed by atoms with E-state index in [1.165, 1.54) is 14.2 Å². The van der Waals surface area contributed by atoms with Gasteiger partial charge in [-0.25, -0.2) is 14.2 Å². The molecule has 0 bridgehead atoms. The topological polar surface area (TPSA) is 77.0 Å². The molecule has 0 radical (unpaired) electrons. The van der Waals surface area contributed by atoms with Gasteiger partial charge in [0.05, 0.1) is 25.3 Å². The average molecular weight is 441 g/mol. The van der Waals surface area contributed by atoms with Crippen LogP contribution in [0.3, 0.4) is 0 Å². The molecule has 1 saturated heterocycles. The highest BCUT2D eigenvalue weighted by atomic mass is 35.5. The molecule has 8 nitrogen and oxygen atoms in total. The van der Waals surface area contributed by atoms with E-state index >= 15 is 0 Å². The summed E-state index contributed by atoms with van der Waals surface area (Å²) < 4.78 is 30.9. The molecule has 10 heteroatoms. The van der Waals surface area contributed by atoms with Crippen LogP contribution in [0.15, 0.2) is 6.07 Å². The lowest BCUT2D eigenvalue weighted by atomic mass is 10.1. The number of piperazine rings is 1. The lowest BCUT2D eigenvalue weighted by molar-refractivity contribution is 0.0159. The number of amides is 1. The first-order valence-electron chi connectivity index (χ1n) is 9.58. The van der Waals surface area contributed by atoms with Gasteiger partial charge in [0, 0.05) is 31.7 Å². The molecule has 1 aliphatic heterocycles. The van der Waals surface area contributed by atoms with Crippen molar-refractivity contribution in [3.05, 3.63) is 17.0 Å². The molecule has 1 fully saturated rings. The summed E-state index contributed by atoms with van der Waals surface area (Å²) in [5.74, 6) is -0.334. The molecule has 2 aromatic heterocycles. The largest absolute Gasteiger partial charge is 0.481 e. The van der Waals surface area contributed by atoms with Crippen LogP contribution in [-0.4, -0.2) is 66.5 Å². The maximum Gasteiger partial charge on any atom is 0.410 e. The van der Waals surface area contributed by atoms with E-state index < -0.39 is 11.4 Å². The van der Waals surface area contributed by atoms with E-state index in [4.69, 9.17) is 25.8 Å². The fourth-order valence-electron chi connectivity index (χ4n) is 3.44. The normalized spacial score (nSPS) is 17.3. The number of pyridine rings is 2. The number of nitrogens with zero attached hydrogens (tertiary/aromatic N) is 4. The van der Waals surface area contributed by atoms with Crippen LogP contribution in [0, 0.1) is 5.82 Å². The summed E-state index contributed by atoms with van der Waals surface area (Å²) in [6.07, 6.45) is -0.358. The van der Waals surface area contributed by atoms with Crippen LogP contribution >= 0.6 is 11.6 Å². The molecule has 30 heavy (non-hydrogen) atoms. The fourth-order valence-corrected chi connectivity index (χ4v) is 3.61. The standard InChI is InChI=1S/C20H26ClFN4O4/c1-11-10-25(7-8-26(11)19(27)30-20(2,3)4)12-9-13(28-5)23-16-14(12)18(29-6)24-17(21)15(16)22/h9,11H,7-8,10H2,1-6H3. The first kappa shape index (κ1) is 22.1. The summed E-state index contributed by atoms with van der Waals surface area (Å²) >= 11 is 5.92. The summed E-state index contributed by atoms with van der Waals surface area (Å²) in [5, 5.41) is 0.0762. The van der Waals surface area contributed by atoms with E-state index in [-0.39, 0.29) is 34.6 Å². The number of fused-ring (bicyclic) bond motifs is 1. The Morgan fingerprint density at radius 1 is 1.23 bits per heavy atom. The Hall–Kier alpha value is -2.55. The quantitative estimate of drug-likeness (QED) is 0.670. The maximum absolute atomic E-state index is 14.7. The molecule has 0 aromatic carbocycles. The third-order valence-electron chi connectivity index (χ3n) is 4.78. The van der Waals surface area contributed by atoms with E-state index in [9.17, 15) is 9.18 Å². The maximum atomic E-state index is 14.7. The number of ether oxygens (including phenoxy) is 3. The second-order valence-electron chi connectivity index (χ2n) is 8.10. The van der Waals surface area contributed by atoms with Gasteiger partial charge in [-0.2, -0.15) is 4.98 Å². The van der Waals surface area contributed by atoms with Gasteiger partial charge >= 0.3 is 6.09 Å². The fraction of sp³-hybridized carbons (Fsp3) is 0.550. The Bertz CT molecular complexity index is 966. The summed E-state index contributed by atoms with van der Waals surface area (Å²) in [5.41, 5.74) is 0.0919. The van der Waals surface area contributed by atoms with Crippen molar-refractivity contribution in [1.82, 2.24) is 14.9 Å². The highest BCUT2D eigenvalue weighted by molar-refractivity contribution is 6.30. The van der Waals surface area contributed by atoms with Gasteiger partial charge in [0.15, 0.2) is 11.0 Å². The van der Waals surface area contributed by atoms with E-state index in [2.05, 4.69) is 9.97 Å². The number of hydrogen-bond acceptors (Lipinski definition) is 7. The van der Waals surface area contributed by atoms with Gasteiger partial charge in [-0.3, -0.25) is 0 Å². The molecule has 2 aromatic rings. The van der Waals surface area contributed by atoms with Crippen LogP contribution in [0.1, 0.15) is 27.7 Å². The van der Waals surface area contributed by atoms with Crippen molar-refractivity contribution < 1.29 is 23.4 Å². The van der Waals surface area contributed by atoms with E-state index in [1.807, 2.05) is 32.6 Å². The molecular formula is C20H26ClFN4O4. The van der Waals surface area contributed by atoms with Crippen LogP contribution in [0.4, 0.5) is 14.9 Å². The van der Waals surface area contributed by atoms with Crippen molar-refractivity contribution in [3.8, 4) is 11.8 Å². The Morgan fingerprint density at radius 3 is 2.50 bits per heavy atom. The zero-order valence-corrected chi connectivity index (χ0v) is 18.7. The number of carbonyl (C=O) groups excluding carboxylic acids is 1. The monoisotopic (exact) mass is 440 g/mol. The number of halogens is 2. The highest BCUT2D eigenvalue weighted by Crippen LogP contribution is 2.39. The number of carbonyl (C=O) groups is 1. The lowest BCUT2D eigenvalue weighted by Gasteiger charge is -2.41. The summed E-state index contributed by atoms with van der Waals surface area (Å²) in [7, 11) is 2.89. The van der Waals surface area contributed by atoms with Crippen molar-refractivity contribution in [2.45, 2.75) is 39.3 Å². The zero-order valence-electron chi connectivity index (χ0n) is 18.0. The average Bonchev–Trinajstić information content (AvgIpc) is 2.68. The molecule has 164 valence electrons. The molecular weight excluding hydrogens is 415 g/mol. The predicted molar refractivity (Wildman–Crippen MR) is 112 cm³/mol. The Labute approximate surface area is 179 Å². The van der Waals surface area contributed by atoms with Gasteiger partial charge in [0.2, 0.25) is 11.8 Å². The zero-order chi connectivity index (χ0) is 22.2. The Kier molecular flexibility index (Phi) is 6.12. The molecule has 1 aliphatic rings. The number of aromatic nitrogens is 2. The number of hydrogen-bond donors (Lipinski definition) is 0. The number of rotatable bonds is 3. The number of methoxy groups -OCH3 is 2. The molecule has 0 N–H and O–H groups in total. The molecule has 0 saturated carbocycles. The minimum atomic E-state index is -0.743. The van der Waals surface area contributed by atoms with E-state index in [0.29, 0.717) is 30.7 Å². The van der Waals surface area contributed by atoms with Crippen molar-refractivity contribution in [2.75, 3.05) is 38.8 Å². The van der Waals surface area contributed by atoms with Crippen LogP contribution in [-0.2, 0) is 4.74 Å². The Balaban J connectivity index is 1.99. The van der Waals surface area contributed by atoms with Gasteiger partial charge in [0.25, 0.3) is 0 Å². The first-order valence-corrected chi connectivity index (χ1v) is 9.95. The molecule has 1 amide bonds. The highest BCUT2D eigenvalue weighted by Gasteiger charge is 2.32. The van der Waals surface area contributed by atoms with Gasteiger partial charge < -0.3 is 24.0 Å². The van der Waals surface area contributed by atoms with Crippen LogP contribution in [0.25, 0.3) is 10.9 Å². The van der Waals surface area contributed by atoms with Gasteiger partial charge in [-0.1, -0.05) is 11.6 Å². The molecule has 0 aliphatic carbocycles. The van der Waals surface area contributed by atoms with Crippen LogP contribution in [0.5, 0.6) is 11.8 Å². The van der Waals surface area contributed by atoms with Crippen molar-refractivity contribution >= 4 is 34.3 Å². The SMILES string of the molecule is COc1cc(N2CCN(C(=O)OC(C)(C)C)C(C)C2)c2c(OC)nc(Cl)c(F)c2n1. The van der Waals surface area contributed by atoms with Gasteiger partial charge in [-0.05, 0) is 27.7 Å². The summed E-state index contributed by atoms with van der Waals surface area (Å²) in [6.45, 7) is 8.87. The van der Waals surface area contributed by atoms with Gasteiger partial charge in [0.1, 0.15) is 11.1 Å². The summed E-state index contributed by atoms with van der Waals surface area (Å²) in [6, 6.07) is 1.56. The third kappa shape index (κ3) is 4.30.